The maximum Gasteiger partial charge on any atom is 0.138 e. The smallest absolute Gasteiger partial charge is 0.138 e. The molecule has 0 spiro atoms. The summed E-state index contributed by atoms with van der Waals surface area (Å²) in [5.41, 5.74) is 0.662. The average molecular weight is 224 g/mol. The molecule has 0 aromatic carbocycles. The minimum atomic E-state index is -0.532. The Morgan fingerprint density at radius 2 is 2.19 bits per heavy atom. The lowest BCUT2D eigenvalue weighted by molar-refractivity contribution is 0.192. The summed E-state index contributed by atoms with van der Waals surface area (Å²) in [4.78, 5) is 4.12. The fourth-order valence-electron chi connectivity index (χ4n) is 1.35. The molecule has 0 aliphatic rings. The average Bonchev–Trinajstić information content (AvgIpc) is 2.27. The first-order valence-electron chi connectivity index (χ1n) is 5.58. The van der Waals surface area contributed by atoms with E-state index in [0.717, 1.165) is 18.7 Å². The number of nitrogens with zero attached hydrogens (tertiary/aromatic N) is 1. The number of aliphatic hydroxyl groups excluding tert-OH is 1. The van der Waals surface area contributed by atoms with E-state index in [4.69, 9.17) is 4.74 Å². The number of aromatic nitrogens is 1. The zero-order valence-electron chi connectivity index (χ0n) is 10.1. The maximum atomic E-state index is 9.30. The summed E-state index contributed by atoms with van der Waals surface area (Å²) in [6.45, 7) is 4.65. The predicted octanol–water partition coefficient (Wildman–Crippen LogP) is 1.51. The van der Waals surface area contributed by atoms with Gasteiger partial charge in [-0.2, -0.15) is 0 Å². The van der Waals surface area contributed by atoms with E-state index in [-0.39, 0.29) is 6.10 Å². The molecule has 1 rings (SSSR count). The Hall–Kier alpha value is -1.13. The molecule has 0 saturated heterocycles. The first-order valence-corrected chi connectivity index (χ1v) is 5.58. The van der Waals surface area contributed by atoms with E-state index in [1.165, 1.54) is 0 Å². The number of nitrogens with one attached hydrogen (secondary N) is 1. The molecule has 1 heterocycles. The van der Waals surface area contributed by atoms with Crippen LogP contribution in [-0.4, -0.2) is 29.8 Å². The number of aliphatic hydroxyl groups is 1. The minimum Gasteiger partial charge on any atom is -0.489 e. The van der Waals surface area contributed by atoms with Gasteiger partial charge in [0, 0.05) is 0 Å². The van der Waals surface area contributed by atoms with Crippen LogP contribution in [0.15, 0.2) is 18.3 Å². The SMILES string of the molecule is CNCCC(C)Oc1ccc(C(C)O)nc1. The van der Waals surface area contributed by atoms with Crippen LogP contribution in [0.4, 0.5) is 0 Å². The highest BCUT2D eigenvalue weighted by Gasteiger charge is 2.05. The quantitative estimate of drug-likeness (QED) is 0.769. The van der Waals surface area contributed by atoms with Crippen molar-refractivity contribution in [3.8, 4) is 5.75 Å². The number of hydrogen-bond acceptors (Lipinski definition) is 4. The van der Waals surface area contributed by atoms with Crippen LogP contribution in [0.5, 0.6) is 5.75 Å². The largest absolute Gasteiger partial charge is 0.489 e. The van der Waals surface area contributed by atoms with Crippen LogP contribution in [0.2, 0.25) is 0 Å². The van der Waals surface area contributed by atoms with Crippen LogP contribution < -0.4 is 10.1 Å². The molecule has 16 heavy (non-hydrogen) atoms. The second-order valence-electron chi connectivity index (χ2n) is 3.92. The van der Waals surface area contributed by atoms with Gasteiger partial charge in [-0.15, -0.1) is 0 Å². The number of ether oxygens (including phenoxy) is 1. The van der Waals surface area contributed by atoms with E-state index in [1.807, 2.05) is 20.0 Å². The van der Waals surface area contributed by atoms with E-state index in [2.05, 4.69) is 10.3 Å². The molecule has 1 aromatic rings. The Morgan fingerprint density at radius 1 is 1.44 bits per heavy atom. The first kappa shape index (κ1) is 12.9. The van der Waals surface area contributed by atoms with Gasteiger partial charge in [-0.05, 0) is 46.0 Å². The highest BCUT2D eigenvalue weighted by atomic mass is 16.5. The molecule has 0 aliphatic heterocycles. The molecular weight excluding hydrogens is 204 g/mol. The van der Waals surface area contributed by atoms with Gasteiger partial charge in [-0.1, -0.05) is 0 Å². The van der Waals surface area contributed by atoms with E-state index >= 15 is 0 Å². The molecule has 0 aliphatic carbocycles. The van der Waals surface area contributed by atoms with Crippen LogP contribution >= 0.6 is 0 Å². The zero-order chi connectivity index (χ0) is 12.0. The molecule has 0 fully saturated rings. The third-order valence-corrected chi connectivity index (χ3v) is 2.33. The summed E-state index contributed by atoms with van der Waals surface area (Å²) in [5.74, 6) is 0.744. The van der Waals surface area contributed by atoms with Crippen molar-refractivity contribution in [2.75, 3.05) is 13.6 Å². The summed E-state index contributed by atoms with van der Waals surface area (Å²) >= 11 is 0. The number of hydrogen-bond donors (Lipinski definition) is 2. The Morgan fingerprint density at radius 3 is 2.69 bits per heavy atom. The minimum absolute atomic E-state index is 0.159. The topological polar surface area (TPSA) is 54.4 Å². The van der Waals surface area contributed by atoms with Crippen molar-refractivity contribution in [2.24, 2.45) is 0 Å². The van der Waals surface area contributed by atoms with Crippen LogP contribution in [0.1, 0.15) is 32.1 Å². The molecule has 90 valence electrons. The van der Waals surface area contributed by atoms with Crippen molar-refractivity contribution in [1.82, 2.24) is 10.3 Å². The van der Waals surface area contributed by atoms with Crippen molar-refractivity contribution >= 4 is 0 Å². The molecule has 2 unspecified atom stereocenters. The molecule has 4 heteroatoms. The normalized spacial score (nSPS) is 14.5. The maximum absolute atomic E-state index is 9.30. The third kappa shape index (κ3) is 4.16. The Bertz CT molecular complexity index is 298. The first-order chi connectivity index (χ1) is 7.63. The standard InChI is InChI=1S/C12H20N2O2/c1-9(6-7-13-3)16-11-4-5-12(10(2)15)14-8-11/h4-5,8-10,13,15H,6-7H2,1-3H3. The molecule has 2 N–H and O–H groups in total. The molecule has 4 nitrogen and oxygen atoms in total. The monoisotopic (exact) mass is 224 g/mol. The lowest BCUT2D eigenvalue weighted by Gasteiger charge is -2.14. The van der Waals surface area contributed by atoms with Gasteiger partial charge in [0.1, 0.15) is 5.75 Å². The van der Waals surface area contributed by atoms with Gasteiger partial charge in [0.2, 0.25) is 0 Å². The Labute approximate surface area is 96.7 Å². The van der Waals surface area contributed by atoms with Gasteiger partial charge in [0.25, 0.3) is 0 Å². The summed E-state index contributed by atoms with van der Waals surface area (Å²) < 4.78 is 5.67. The second kappa shape index (κ2) is 6.45. The lowest BCUT2D eigenvalue weighted by Crippen LogP contribution is -2.19. The summed E-state index contributed by atoms with van der Waals surface area (Å²) in [6.07, 6.45) is 2.23. The van der Waals surface area contributed by atoms with Gasteiger partial charge in [0.05, 0.1) is 24.1 Å². The second-order valence-corrected chi connectivity index (χ2v) is 3.92. The van der Waals surface area contributed by atoms with Gasteiger partial charge in [-0.3, -0.25) is 4.98 Å². The van der Waals surface area contributed by atoms with Crippen LogP contribution in [0, 0.1) is 0 Å². The summed E-state index contributed by atoms with van der Waals surface area (Å²) in [6, 6.07) is 3.62. The van der Waals surface area contributed by atoms with E-state index in [0.29, 0.717) is 5.69 Å². The van der Waals surface area contributed by atoms with Crippen molar-refractivity contribution in [2.45, 2.75) is 32.5 Å². The number of rotatable bonds is 6. The number of pyridine rings is 1. The van der Waals surface area contributed by atoms with Gasteiger partial charge in [-0.25, -0.2) is 0 Å². The highest BCUT2D eigenvalue weighted by molar-refractivity contribution is 5.20. The van der Waals surface area contributed by atoms with Crippen molar-refractivity contribution in [1.29, 1.82) is 0 Å². The molecule has 2 atom stereocenters. The third-order valence-electron chi connectivity index (χ3n) is 2.33. The Kier molecular flexibility index (Phi) is 5.22. The zero-order valence-corrected chi connectivity index (χ0v) is 10.1. The van der Waals surface area contributed by atoms with Gasteiger partial charge in [0.15, 0.2) is 0 Å². The van der Waals surface area contributed by atoms with Crippen molar-refractivity contribution in [3.63, 3.8) is 0 Å². The summed E-state index contributed by atoms with van der Waals surface area (Å²) in [5, 5.41) is 12.4. The van der Waals surface area contributed by atoms with Gasteiger partial charge >= 0.3 is 0 Å². The molecule has 1 aromatic heterocycles. The van der Waals surface area contributed by atoms with E-state index < -0.39 is 6.10 Å². The van der Waals surface area contributed by atoms with Crippen molar-refractivity contribution < 1.29 is 9.84 Å². The van der Waals surface area contributed by atoms with Gasteiger partial charge < -0.3 is 15.2 Å². The van der Waals surface area contributed by atoms with Crippen molar-refractivity contribution in [3.05, 3.63) is 24.0 Å². The molecular formula is C12H20N2O2. The lowest BCUT2D eigenvalue weighted by atomic mass is 10.2. The fourth-order valence-corrected chi connectivity index (χ4v) is 1.35. The Balaban J connectivity index is 2.48. The molecule has 0 amide bonds. The predicted molar refractivity (Wildman–Crippen MR) is 63.5 cm³/mol. The van der Waals surface area contributed by atoms with E-state index in [1.54, 1.807) is 19.2 Å². The highest BCUT2D eigenvalue weighted by Crippen LogP contribution is 2.15. The fraction of sp³-hybridized carbons (Fsp3) is 0.583. The molecule has 0 bridgehead atoms. The van der Waals surface area contributed by atoms with E-state index in [9.17, 15) is 5.11 Å². The van der Waals surface area contributed by atoms with Crippen LogP contribution in [0.25, 0.3) is 0 Å². The molecule has 0 radical (unpaired) electrons. The summed E-state index contributed by atoms with van der Waals surface area (Å²) in [7, 11) is 1.92. The van der Waals surface area contributed by atoms with Crippen LogP contribution in [0.3, 0.4) is 0 Å². The van der Waals surface area contributed by atoms with Crippen LogP contribution in [-0.2, 0) is 0 Å². The molecule has 0 saturated carbocycles.